The first-order valence-electron chi connectivity index (χ1n) is 12.4. The number of pyridine rings is 1. The van der Waals surface area contributed by atoms with Crippen LogP contribution in [0.4, 0.5) is 5.69 Å². The van der Waals surface area contributed by atoms with Crippen molar-refractivity contribution in [1.82, 2.24) is 30.1 Å². The van der Waals surface area contributed by atoms with Crippen molar-refractivity contribution in [3.8, 4) is 0 Å². The van der Waals surface area contributed by atoms with Crippen molar-refractivity contribution in [2.45, 2.75) is 45.7 Å². The monoisotopic (exact) mass is 505 g/mol. The standard InChI is InChI=1S/C27H32ClN7O/c1-5-18-9-10-23-19(15-18)16-22(26(36)29-23)24(25-30-31-32-35(25)27(2,3)4)34-13-11-33(12-14-34)21-8-6-7-20(28)17-21/h6-10,15-17,24H,5,11-14H2,1-4H3,(H,29,36)/t24-/m1/s1. The lowest BCUT2D eigenvalue weighted by atomic mass is 10.00. The fraction of sp³-hybridized carbons (Fsp3) is 0.407. The fourth-order valence-corrected chi connectivity index (χ4v) is 5.13. The minimum absolute atomic E-state index is 0.113. The number of anilines is 1. The normalized spacial score (nSPS) is 16.0. The maximum Gasteiger partial charge on any atom is 0.253 e. The zero-order valence-electron chi connectivity index (χ0n) is 21.2. The number of nitrogens with one attached hydrogen (secondary N) is 1. The van der Waals surface area contributed by atoms with Crippen molar-refractivity contribution in [2.24, 2.45) is 0 Å². The van der Waals surface area contributed by atoms with Gasteiger partial charge in [0.1, 0.15) is 6.04 Å². The van der Waals surface area contributed by atoms with Crippen LogP contribution in [0.3, 0.4) is 0 Å². The molecule has 0 saturated carbocycles. The van der Waals surface area contributed by atoms with Crippen LogP contribution in [0.5, 0.6) is 0 Å². The summed E-state index contributed by atoms with van der Waals surface area (Å²) in [6, 6.07) is 15.8. The molecule has 36 heavy (non-hydrogen) atoms. The highest BCUT2D eigenvalue weighted by molar-refractivity contribution is 6.30. The minimum atomic E-state index is -0.376. The number of benzene rings is 2. The minimum Gasteiger partial charge on any atom is -0.369 e. The molecule has 0 spiro atoms. The van der Waals surface area contributed by atoms with Crippen molar-refractivity contribution in [2.75, 3.05) is 31.1 Å². The highest BCUT2D eigenvalue weighted by Gasteiger charge is 2.35. The summed E-state index contributed by atoms with van der Waals surface area (Å²) in [6.45, 7) is 11.4. The van der Waals surface area contributed by atoms with E-state index in [1.165, 1.54) is 5.56 Å². The zero-order chi connectivity index (χ0) is 25.4. The molecule has 1 saturated heterocycles. The Morgan fingerprint density at radius 3 is 2.53 bits per heavy atom. The van der Waals surface area contributed by atoms with Gasteiger partial charge in [-0.2, -0.15) is 0 Å². The van der Waals surface area contributed by atoms with E-state index in [0.29, 0.717) is 11.4 Å². The second-order valence-corrected chi connectivity index (χ2v) is 10.8. The van der Waals surface area contributed by atoms with Crippen molar-refractivity contribution < 1.29 is 0 Å². The van der Waals surface area contributed by atoms with Crippen LogP contribution < -0.4 is 10.5 Å². The maximum absolute atomic E-state index is 13.5. The van der Waals surface area contributed by atoms with E-state index in [-0.39, 0.29) is 17.1 Å². The Morgan fingerprint density at radius 1 is 1.06 bits per heavy atom. The number of H-pyrrole nitrogens is 1. The predicted octanol–water partition coefficient (Wildman–Crippen LogP) is 4.40. The summed E-state index contributed by atoms with van der Waals surface area (Å²) in [5, 5.41) is 14.5. The van der Waals surface area contributed by atoms with Gasteiger partial charge in [-0.25, -0.2) is 4.68 Å². The third-order valence-corrected chi connectivity index (χ3v) is 7.10. The summed E-state index contributed by atoms with van der Waals surface area (Å²) < 4.78 is 1.84. The molecule has 9 heteroatoms. The van der Waals surface area contributed by atoms with E-state index in [2.05, 4.69) is 76.2 Å². The van der Waals surface area contributed by atoms with Gasteiger partial charge in [-0.1, -0.05) is 30.7 Å². The van der Waals surface area contributed by atoms with Crippen molar-refractivity contribution in [3.05, 3.63) is 80.9 Å². The summed E-state index contributed by atoms with van der Waals surface area (Å²) in [6.07, 6.45) is 0.932. The molecule has 188 valence electrons. The van der Waals surface area contributed by atoms with Gasteiger partial charge in [0, 0.05) is 48.0 Å². The van der Waals surface area contributed by atoms with Crippen LogP contribution in [0.25, 0.3) is 10.9 Å². The van der Waals surface area contributed by atoms with Crippen LogP contribution >= 0.6 is 11.6 Å². The fourth-order valence-electron chi connectivity index (χ4n) is 4.95. The van der Waals surface area contributed by atoms with Crippen LogP contribution in [-0.4, -0.2) is 56.3 Å². The number of nitrogens with zero attached hydrogens (tertiary/aromatic N) is 6. The van der Waals surface area contributed by atoms with E-state index in [4.69, 9.17) is 11.6 Å². The van der Waals surface area contributed by atoms with Gasteiger partial charge < -0.3 is 9.88 Å². The predicted molar refractivity (Wildman–Crippen MR) is 144 cm³/mol. The van der Waals surface area contributed by atoms with E-state index < -0.39 is 0 Å². The SMILES string of the molecule is CCc1ccc2[nH]c(=O)c([C@H](c3nnnn3C(C)(C)C)N3CCN(c4cccc(Cl)c4)CC3)cc2c1. The summed E-state index contributed by atoms with van der Waals surface area (Å²) in [4.78, 5) is 21.2. The number of aromatic nitrogens is 5. The number of tetrazole rings is 1. The summed E-state index contributed by atoms with van der Waals surface area (Å²) in [5.41, 5.74) is 3.38. The number of hydrogen-bond acceptors (Lipinski definition) is 6. The third kappa shape index (κ3) is 4.75. The maximum atomic E-state index is 13.5. The molecule has 1 aliphatic heterocycles. The van der Waals surface area contributed by atoms with Gasteiger partial charge in [0.05, 0.1) is 5.54 Å². The van der Waals surface area contributed by atoms with Gasteiger partial charge in [-0.05, 0) is 85.0 Å². The van der Waals surface area contributed by atoms with Gasteiger partial charge in [-0.3, -0.25) is 9.69 Å². The van der Waals surface area contributed by atoms with E-state index in [9.17, 15) is 4.79 Å². The first-order chi connectivity index (χ1) is 17.2. The van der Waals surface area contributed by atoms with E-state index in [1.54, 1.807) is 0 Å². The Bertz CT molecular complexity index is 1430. The zero-order valence-corrected chi connectivity index (χ0v) is 22.0. The molecule has 5 rings (SSSR count). The van der Waals surface area contributed by atoms with Crippen LogP contribution in [0.1, 0.15) is 50.7 Å². The second kappa shape index (κ2) is 9.67. The highest BCUT2D eigenvalue weighted by atomic mass is 35.5. The number of hydrogen-bond donors (Lipinski definition) is 1. The molecule has 3 heterocycles. The Hall–Kier alpha value is -3.23. The van der Waals surface area contributed by atoms with Gasteiger partial charge in [0.2, 0.25) is 0 Å². The third-order valence-electron chi connectivity index (χ3n) is 6.87. The lowest BCUT2D eigenvalue weighted by Crippen LogP contribution is -2.49. The van der Waals surface area contributed by atoms with Crippen LogP contribution in [0, 0.1) is 0 Å². The van der Waals surface area contributed by atoms with E-state index in [1.807, 2.05) is 35.0 Å². The van der Waals surface area contributed by atoms with Crippen LogP contribution in [0.2, 0.25) is 5.02 Å². The molecule has 1 fully saturated rings. The number of aromatic amines is 1. The average Bonchev–Trinajstić information content (AvgIpc) is 3.35. The number of piperazine rings is 1. The lowest BCUT2D eigenvalue weighted by Gasteiger charge is -2.40. The molecular weight excluding hydrogens is 474 g/mol. The molecule has 2 aromatic heterocycles. The smallest absolute Gasteiger partial charge is 0.253 e. The lowest BCUT2D eigenvalue weighted by molar-refractivity contribution is 0.190. The Labute approximate surface area is 215 Å². The largest absolute Gasteiger partial charge is 0.369 e. The molecule has 0 amide bonds. The first-order valence-corrected chi connectivity index (χ1v) is 12.8. The number of fused-ring (bicyclic) bond motifs is 1. The highest BCUT2D eigenvalue weighted by Crippen LogP contribution is 2.31. The quantitative estimate of drug-likeness (QED) is 0.433. The van der Waals surface area contributed by atoms with Crippen LogP contribution in [-0.2, 0) is 12.0 Å². The molecule has 4 aromatic rings. The van der Waals surface area contributed by atoms with Gasteiger partial charge in [0.15, 0.2) is 5.82 Å². The van der Waals surface area contributed by atoms with Gasteiger partial charge in [-0.15, -0.1) is 5.10 Å². The summed E-state index contributed by atoms with van der Waals surface area (Å²) in [7, 11) is 0. The molecule has 2 aromatic carbocycles. The molecule has 1 N–H and O–H groups in total. The van der Waals surface area contributed by atoms with Crippen molar-refractivity contribution in [1.29, 1.82) is 0 Å². The number of rotatable bonds is 5. The number of halogens is 1. The molecule has 0 unspecified atom stereocenters. The Balaban J connectivity index is 1.56. The molecule has 1 atom stereocenters. The molecule has 0 radical (unpaired) electrons. The first kappa shape index (κ1) is 24.5. The van der Waals surface area contributed by atoms with Crippen molar-refractivity contribution in [3.63, 3.8) is 0 Å². The van der Waals surface area contributed by atoms with Gasteiger partial charge >= 0.3 is 0 Å². The molecule has 8 nitrogen and oxygen atoms in total. The molecule has 0 bridgehead atoms. The number of aryl methyl sites for hydroxylation is 1. The van der Waals surface area contributed by atoms with E-state index in [0.717, 1.165) is 54.2 Å². The Kier molecular flexibility index (Phi) is 6.57. The van der Waals surface area contributed by atoms with Crippen LogP contribution in [0.15, 0.2) is 53.3 Å². The molecule has 0 aliphatic carbocycles. The summed E-state index contributed by atoms with van der Waals surface area (Å²) in [5.74, 6) is 0.676. The molecular formula is C27H32ClN7O. The topological polar surface area (TPSA) is 82.9 Å². The second-order valence-electron chi connectivity index (χ2n) is 10.4. The Morgan fingerprint density at radius 2 is 1.83 bits per heavy atom. The summed E-state index contributed by atoms with van der Waals surface area (Å²) >= 11 is 6.24. The van der Waals surface area contributed by atoms with Crippen molar-refractivity contribution >= 4 is 28.2 Å². The average molecular weight is 506 g/mol. The van der Waals surface area contributed by atoms with E-state index >= 15 is 0 Å². The molecule has 1 aliphatic rings. The van der Waals surface area contributed by atoms with Gasteiger partial charge in [0.25, 0.3) is 5.56 Å².